The van der Waals surface area contributed by atoms with E-state index in [0.717, 1.165) is 5.56 Å². The first kappa shape index (κ1) is 14.7. The Hall–Kier alpha value is -2.89. The molecule has 24 heavy (non-hydrogen) atoms. The van der Waals surface area contributed by atoms with Crippen molar-refractivity contribution in [1.82, 2.24) is 20.0 Å². The predicted octanol–water partition coefficient (Wildman–Crippen LogP) is 3.30. The summed E-state index contributed by atoms with van der Waals surface area (Å²) >= 11 is 0. The number of aryl methyl sites for hydroxylation is 1. The molecule has 0 aliphatic heterocycles. The molecule has 122 valence electrons. The predicted molar refractivity (Wildman–Crippen MR) is 88.8 cm³/mol. The van der Waals surface area contributed by atoms with Gasteiger partial charge in [-0.05, 0) is 36.5 Å². The maximum absolute atomic E-state index is 12.5. The summed E-state index contributed by atoms with van der Waals surface area (Å²) in [6.07, 6.45) is 8.78. The fraction of sp³-hybridized carbons (Fsp3) is 0.278. The van der Waals surface area contributed by atoms with Crippen LogP contribution in [0.4, 0.5) is 0 Å². The zero-order chi connectivity index (χ0) is 16.5. The van der Waals surface area contributed by atoms with E-state index in [4.69, 9.17) is 4.74 Å². The average Bonchev–Trinajstić information content (AvgIpc) is 3.15. The lowest BCUT2D eigenvalue weighted by Crippen LogP contribution is -2.10. The van der Waals surface area contributed by atoms with E-state index in [0.29, 0.717) is 22.9 Å². The molecule has 6 nitrogen and oxygen atoms in total. The number of aromatic amines is 1. The van der Waals surface area contributed by atoms with E-state index in [1.807, 2.05) is 37.5 Å². The molecule has 1 N–H and O–H groups in total. The van der Waals surface area contributed by atoms with Crippen LogP contribution in [0.5, 0.6) is 5.75 Å². The molecule has 2 aromatic heterocycles. The summed E-state index contributed by atoms with van der Waals surface area (Å²) in [5.41, 5.74) is 3.12. The third-order valence-electron chi connectivity index (χ3n) is 4.52. The van der Waals surface area contributed by atoms with E-state index in [-0.39, 0.29) is 0 Å². The summed E-state index contributed by atoms with van der Waals surface area (Å²) in [5.74, 6) is 0.779. The Kier molecular flexibility index (Phi) is 3.65. The molecule has 0 spiro atoms. The van der Waals surface area contributed by atoms with E-state index in [9.17, 15) is 4.79 Å². The van der Waals surface area contributed by atoms with Crippen molar-refractivity contribution in [2.45, 2.75) is 25.2 Å². The van der Waals surface area contributed by atoms with E-state index >= 15 is 0 Å². The van der Waals surface area contributed by atoms with Gasteiger partial charge in [-0.2, -0.15) is 10.2 Å². The maximum Gasteiger partial charge on any atom is 0.347 e. The van der Waals surface area contributed by atoms with Crippen molar-refractivity contribution >= 4 is 5.97 Å². The number of nitrogens with one attached hydrogen (secondary N) is 1. The van der Waals surface area contributed by atoms with Gasteiger partial charge in [0.15, 0.2) is 0 Å². The number of rotatable bonds is 4. The second kappa shape index (κ2) is 5.96. The van der Waals surface area contributed by atoms with Crippen molar-refractivity contribution in [2.24, 2.45) is 7.05 Å². The van der Waals surface area contributed by atoms with Gasteiger partial charge >= 0.3 is 5.97 Å². The molecule has 6 heteroatoms. The summed E-state index contributed by atoms with van der Waals surface area (Å²) in [5, 5.41) is 10.9. The molecule has 0 unspecified atom stereocenters. The van der Waals surface area contributed by atoms with Gasteiger partial charge in [-0.25, -0.2) is 4.79 Å². The SMILES string of the molecule is Cn1cc(-c2[nH]ncc2C(=O)Oc2ccc(C3CCC3)cc2)cn1. The Morgan fingerprint density at radius 1 is 1.25 bits per heavy atom. The van der Waals surface area contributed by atoms with Crippen molar-refractivity contribution in [1.29, 1.82) is 0 Å². The van der Waals surface area contributed by atoms with Crippen LogP contribution < -0.4 is 4.74 Å². The summed E-state index contributed by atoms with van der Waals surface area (Å²) < 4.78 is 7.16. The number of carbonyl (C=O) groups is 1. The van der Waals surface area contributed by atoms with Gasteiger partial charge in [-0.1, -0.05) is 18.6 Å². The smallest absolute Gasteiger partial charge is 0.347 e. The van der Waals surface area contributed by atoms with Crippen LogP contribution in [0, 0.1) is 0 Å². The molecule has 1 fully saturated rings. The van der Waals surface area contributed by atoms with Crippen LogP contribution >= 0.6 is 0 Å². The third-order valence-corrected chi connectivity index (χ3v) is 4.52. The Balaban J connectivity index is 1.51. The number of benzene rings is 1. The van der Waals surface area contributed by atoms with E-state index in [2.05, 4.69) is 15.3 Å². The molecule has 3 aromatic rings. The lowest BCUT2D eigenvalue weighted by atomic mass is 9.80. The minimum atomic E-state index is -0.431. The Morgan fingerprint density at radius 3 is 2.67 bits per heavy atom. The first-order valence-corrected chi connectivity index (χ1v) is 8.05. The number of ether oxygens (including phenoxy) is 1. The third kappa shape index (κ3) is 2.71. The number of hydrogen-bond donors (Lipinski definition) is 1. The fourth-order valence-corrected chi connectivity index (χ4v) is 2.92. The number of hydrogen-bond acceptors (Lipinski definition) is 4. The Morgan fingerprint density at radius 2 is 2.04 bits per heavy atom. The van der Waals surface area contributed by atoms with Crippen LogP contribution in [0.15, 0.2) is 42.9 Å². The number of esters is 1. The number of nitrogens with zero attached hydrogens (tertiary/aromatic N) is 3. The van der Waals surface area contributed by atoms with Gasteiger partial charge in [-0.15, -0.1) is 0 Å². The second-order valence-electron chi connectivity index (χ2n) is 6.15. The molecule has 4 rings (SSSR count). The van der Waals surface area contributed by atoms with Crippen LogP contribution in [-0.4, -0.2) is 25.9 Å². The summed E-state index contributed by atoms with van der Waals surface area (Å²) in [7, 11) is 1.82. The number of H-pyrrole nitrogens is 1. The molecular formula is C18H18N4O2. The standard InChI is InChI=1S/C18H18N4O2/c1-22-11-14(9-20-22)17-16(10-19-21-17)18(23)24-15-7-5-13(6-8-15)12-3-2-4-12/h5-12H,2-4H2,1H3,(H,19,21). The first-order valence-electron chi connectivity index (χ1n) is 8.05. The van der Waals surface area contributed by atoms with E-state index in [1.54, 1.807) is 10.9 Å². The first-order chi connectivity index (χ1) is 11.7. The highest BCUT2D eigenvalue weighted by atomic mass is 16.5. The topological polar surface area (TPSA) is 72.8 Å². The molecule has 2 heterocycles. The minimum absolute atomic E-state index is 0.395. The van der Waals surface area contributed by atoms with Crippen LogP contribution in [-0.2, 0) is 7.05 Å². The average molecular weight is 322 g/mol. The van der Waals surface area contributed by atoms with Gasteiger partial charge < -0.3 is 4.74 Å². The van der Waals surface area contributed by atoms with Gasteiger partial charge in [-0.3, -0.25) is 9.78 Å². The van der Waals surface area contributed by atoms with Crippen molar-refractivity contribution < 1.29 is 9.53 Å². The molecule has 0 amide bonds. The summed E-state index contributed by atoms with van der Waals surface area (Å²) in [6, 6.07) is 7.80. The molecule has 0 bridgehead atoms. The highest BCUT2D eigenvalue weighted by Gasteiger charge is 2.20. The zero-order valence-electron chi connectivity index (χ0n) is 13.4. The minimum Gasteiger partial charge on any atom is -0.423 e. The van der Waals surface area contributed by atoms with E-state index in [1.165, 1.54) is 31.0 Å². The van der Waals surface area contributed by atoms with Crippen molar-refractivity contribution in [2.75, 3.05) is 0 Å². The largest absolute Gasteiger partial charge is 0.423 e. The van der Waals surface area contributed by atoms with Gasteiger partial charge in [0, 0.05) is 18.8 Å². The lowest BCUT2D eigenvalue weighted by Gasteiger charge is -2.25. The van der Waals surface area contributed by atoms with Gasteiger partial charge in [0.05, 0.1) is 18.1 Å². The lowest BCUT2D eigenvalue weighted by molar-refractivity contribution is 0.0735. The second-order valence-corrected chi connectivity index (χ2v) is 6.15. The molecule has 0 saturated heterocycles. The molecule has 1 aromatic carbocycles. The van der Waals surface area contributed by atoms with Crippen molar-refractivity contribution in [3.05, 3.63) is 54.0 Å². The quantitative estimate of drug-likeness (QED) is 0.591. The van der Waals surface area contributed by atoms with Crippen molar-refractivity contribution in [3.8, 4) is 17.0 Å². The number of carbonyl (C=O) groups excluding carboxylic acids is 1. The maximum atomic E-state index is 12.5. The molecule has 1 saturated carbocycles. The monoisotopic (exact) mass is 322 g/mol. The molecule has 1 aliphatic carbocycles. The van der Waals surface area contributed by atoms with Gasteiger partial charge in [0.25, 0.3) is 0 Å². The highest BCUT2D eigenvalue weighted by Crippen LogP contribution is 2.36. The van der Waals surface area contributed by atoms with Gasteiger partial charge in [0.1, 0.15) is 11.3 Å². The van der Waals surface area contributed by atoms with Crippen molar-refractivity contribution in [3.63, 3.8) is 0 Å². The summed E-state index contributed by atoms with van der Waals surface area (Å²) in [4.78, 5) is 12.5. The fourth-order valence-electron chi connectivity index (χ4n) is 2.92. The number of aromatic nitrogens is 4. The molecule has 0 atom stereocenters. The van der Waals surface area contributed by atoms with Crippen LogP contribution in [0.25, 0.3) is 11.3 Å². The van der Waals surface area contributed by atoms with E-state index < -0.39 is 5.97 Å². The highest BCUT2D eigenvalue weighted by molar-refractivity contribution is 5.97. The zero-order valence-corrected chi connectivity index (χ0v) is 13.4. The summed E-state index contributed by atoms with van der Waals surface area (Å²) in [6.45, 7) is 0. The van der Waals surface area contributed by atoms with Crippen LogP contribution in [0.3, 0.4) is 0 Å². The Labute approximate surface area is 139 Å². The Bertz CT molecular complexity index is 859. The van der Waals surface area contributed by atoms with Crippen LogP contribution in [0.2, 0.25) is 0 Å². The van der Waals surface area contributed by atoms with Crippen LogP contribution in [0.1, 0.15) is 41.1 Å². The molecule has 0 radical (unpaired) electrons. The normalized spacial score (nSPS) is 14.4. The molecule has 1 aliphatic rings. The molecular weight excluding hydrogens is 304 g/mol. The van der Waals surface area contributed by atoms with Gasteiger partial charge in [0.2, 0.25) is 0 Å².